The van der Waals surface area contributed by atoms with Crippen LogP contribution in [0.3, 0.4) is 0 Å². The molecule has 2 aromatic rings. The Morgan fingerprint density at radius 2 is 1.59 bits per heavy atom. The molecule has 3 heteroatoms. The van der Waals surface area contributed by atoms with Gasteiger partial charge in [0.25, 0.3) is 0 Å². The summed E-state index contributed by atoms with van der Waals surface area (Å²) in [4.78, 5) is 12.1. The summed E-state index contributed by atoms with van der Waals surface area (Å²) in [5.74, 6) is 1.57. The van der Waals surface area contributed by atoms with Crippen LogP contribution in [0.25, 0.3) is 0 Å². The summed E-state index contributed by atoms with van der Waals surface area (Å²) < 4.78 is 10.4. The van der Waals surface area contributed by atoms with Crippen LogP contribution in [-0.2, 0) is 6.42 Å². The third kappa shape index (κ3) is 4.35. The van der Waals surface area contributed by atoms with Gasteiger partial charge in [0.15, 0.2) is 0 Å². The van der Waals surface area contributed by atoms with Crippen molar-refractivity contribution in [2.24, 2.45) is 5.92 Å². The van der Waals surface area contributed by atoms with E-state index in [4.69, 9.17) is 9.47 Å². The van der Waals surface area contributed by atoms with Crippen molar-refractivity contribution in [3.8, 4) is 11.5 Å². The van der Waals surface area contributed by atoms with Crippen LogP contribution in [-0.4, -0.2) is 13.1 Å². The van der Waals surface area contributed by atoms with E-state index in [1.165, 1.54) is 5.56 Å². The van der Waals surface area contributed by atoms with Gasteiger partial charge in [-0.1, -0.05) is 32.4 Å². The molecule has 116 valence electrons. The lowest BCUT2D eigenvalue weighted by Crippen LogP contribution is -2.08. The lowest BCUT2D eigenvalue weighted by atomic mass is 9.99. The van der Waals surface area contributed by atoms with E-state index in [1.807, 2.05) is 24.3 Å². The van der Waals surface area contributed by atoms with Crippen LogP contribution in [0.2, 0.25) is 0 Å². The molecule has 0 bridgehead atoms. The number of esters is 1. The second kappa shape index (κ2) is 7.64. The molecule has 0 saturated carbocycles. The molecule has 2 rings (SSSR count). The first-order chi connectivity index (χ1) is 10.6. The van der Waals surface area contributed by atoms with Gasteiger partial charge in [-0.2, -0.15) is 0 Å². The first-order valence-electron chi connectivity index (χ1n) is 7.57. The molecule has 0 aliphatic heterocycles. The third-order valence-corrected chi connectivity index (χ3v) is 3.74. The minimum absolute atomic E-state index is 0.364. The highest BCUT2D eigenvalue weighted by Gasteiger charge is 2.09. The standard InChI is InChI=1S/C19H22O3/c1-4-14(2)13-15-5-9-18(10-6-15)22-19(20)16-7-11-17(21-3)12-8-16/h5-12,14H,4,13H2,1-3H3. The number of carbonyl (C=O) groups excluding carboxylic acids is 1. The van der Waals surface area contributed by atoms with Crippen molar-refractivity contribution >= 4 is 5.97 Å². The van der Waals surface area contributed by atoms with Gasteiger partial charge >= 0.3 is 5.97 Å². The van der Waals surface area contributed by atoms with E-state index >= 15 is 0 Å². The van der Waals surface area contributed by atoms with E-state index in [1.54, 1.807) is 31.4 Å². The maximum absolute atomic E-state index is 12.1. The predicted octanol–water partition coefficient (Wildman–Crippen LogP) is 4.50. The Labute approximate surface area is 131 Å². The molecule has 0 heterocycles. The van der Waals surface area contributed by atoms with Crippen molar-refractivity contribution < 1.29 is 14.3 Å². The van der Waals surface area contributed by atoms with Gasteiger partial charge in [0.2, 0.25) is 0 Å². The molecule has 0 aliphatic rings. The van der Waals surface area contributed by atoms with Gasteiger partial charge in [-0.3, -0.25) is 0 Å². The molecule has 0 saturated heterocycles. The van der Waals surface area contributed by atoms with E-state index in [0.717, 1.165) is 12.8 Å². The minimum atomic E-state index is -0.364. The monoisotopic (exact) mass is 298 g/mol. The number of benzene rings is 2. The van der Waals surface area contributed by atoms with Gasteiger partial charge in [0.05, 0.1) is 12.7 Å². The van der Waals surface area contributed by atoms with Gasteiger partial charge in [-0.15, -0.1) is 0 Å². The predicted molar refractivity (Wildman–Crippen MR) is 87.6 cm³/mol. The van der Waals surface area contributed by atoms with E-state index in [9.17, 15) is 4.79 Å². The number of carbonyl (C=O) groups is 1. The Balaban J connectivity index is 1.98. The molecule has 0 radical (unpaired) electrons. The Bertz CT molecular complexity index is 600. The zero-order valence-corrected chi connectivity index (χ0v) is 13.3. The Morgan fingerprint density at radius 3 is 2.14 bits per heavy atom. The number of methoxy groups -OCH3 is 1. The highest BCUT2D eigenvalue weighted by Crippen LogP contribution is 2.18. The van der Waals surface area contributed by atoms with Gasteiger partial charge in [-0.05, 0) is 54.3 Å². The molecule has 1 unspecified atom stereocenters. The molecule has 1 atom stereocenters. The minimum Gasteiger partial charge on any atom is -0.497 e. The molecule has 0 aliphatic carbocycles. The lowest BCUT2D eigenvalue weighted by Gasteiger charge is -2.09. The molecular weight excluding hydrogens is 276 g/mol. The Morgan fingerprint density at radius 1 is 1.00 bits per heavy atom. The van der Waals surface area contributed by atoms with Gasteiger partial charge < -0.3 is 9.47 Å². The molecule has 0 spiro atoms. The average Bonchev–Trinajstić information content (AvgIpc) is 2.56. The average molecular weight is 298 g/mol. The largest absolute Gasteiger partial charge is 0.497 e. The van der Waals surface area contributed by atoms with Crippen LogP contribution in [0.4, 0.5) is 0 Å². The Kier molecular flexibility index (Phi) is 5.59. The quantitative estimate of drug-likeness (QED) is 0.581. The molecule has 0 N–H and O–H groups in total. The van der Waals surface area contributed by atoms with Crippen molar-refractivity contribution in [2.45, 2.75) is 26.7 Å². The first kappa shape index (κ1) is 16.1. The van der Waals surface area contributed by atoms with Crippen LogP contribution in [0.5, 0.6) is 11.5 Å². The van der Waals surface area contributed by atoms with Gasteiger partial charge in [0.1, 0.15) is 11.5 Å². The molecule has 0 amide bonds. The Hall–Kier alpha value is -2.29. The van der Waals surface area contributed by atoms with Gasteiger partial charge in [0, 0.05) is 0 Å². The number of rotatable bonds is 6. The maximum Gasteiger partial charge on any atom is 0.343 e. The number of hydrogen-bond acceptors (Lipinski definition) is 3. The summed E-state index contributed by atoms with van der Waals surface area (Å²) in [7, 11) is 1.59. The molecule has 0 aromatic heterocycles. The second-order valence-electron chi connectivity index (χ2n) is 5.48. The summed E-state index contributed by atoms with van der Waals surface area (Å²) in [5.41, 5.74) is 1.77. The van der Waals surface area contributed by atoms with Crippen molar-refractivity contribution in [1.82, 2.24) is 0 Å². The normalized spacial score (nSPS) is 11.8. The van der Waals surface area contributed by atoms with E-state index in [-0.39, 0.29) is 5.97 Å². The fraction of sp³-hybridized carbons (Fsp3) is 0.316. The van der Waals surface area contributed by atoms with E-state index in [0.29, 0.717) is 23.0 Å². The maximum atomic E-state index is 12.1. The van der Waals surface area contributed by atoms with Crippen LogP contribution in [0.15, 0.2) is 48.5 Å². The van der Waals surface area contributed by atoms with Crippen LogP contribution in [0, 0.1) is 5.92 Å². The summed E-state index contributed by atoms with van der Waals surface area (Å²) in [6.07, 6.45) is 2.21. The van der Waals surface area contributed by atoms with E-state index in [2.05, 4.69) is 13.8 Å². The fourth-order valence-electron chi connectivity index (χ4n) is 2.13. The number of hydrogen-bond donors (Lipinski definition) is 0. The van der Waals surface area contributed by atoms with E-state index < -0.39 is 0 Å². The SMILES string of the molecule is CCC(C)Cc1ccc(OC(=O)c2ccc(OC)cc2)cc1. The highest BCUT2D eigenvalue weighted by molar-refractivity contribution is 5.91. The summed E-state index contributed by atoms with van der Waals surface area (Å²) in [6.45, 7) is 4.42. The van der Waals surface area contributed by atoms with Crippen LogP contribution in [0.1, 0.15) is 36.2 Å². The van der Waals surface area contributed by atoms with Crippen molar-refractivity contribution in [3.63, 3.8) is 0 Å². The molecule has 2 aromatic carbocycles. The topological polar surface area (TPSA) is 35.5 Å². The zero-order chi connectivity index (χ0) is 15.9. The van der Waals surface area contributed by atoms with Crippen LogP contribution >= 0.6 is 0 Å². The second-order valence-corrected chi connectivity index (χ2v) is 5.48. The molecule has 3 nitrogen and oxygen atoms in total. The van der Waals surface area contributed by atoms with Crippen molar-refractivity contribution in [1.29, 1.82) is 0 Å². The molecular formula is C19H22O3. The summed E-state index contributed by atoms with van der Waals surface area (Å²) in [5, 5.41) is 0. The summed E-state index contributed by atoms with van der Waals surface area (Å²) >= 11 is 0. The van der Waals surface area contributed by atoms with Gasteiger partial charge in [-0.25, -0.2) is 4.79 Å². The number of ether oxygens (including phenoxy) is 2. The fourth-order valence-corrected chi connectivity index (χ4v) is 2.13. The molecule has 22 heavy (non-hydrogen) atoms. The smallest absolute Gasteiger partial charge is 0.343 e. The summed E-state index contributed by atoms with van der Waals surface area (Å²) in [6, 6.07) is 14.6. The third-order valence-electron chi connectivity index (χ3n) is 3.74. The van der Waals surface area contributed by atoms with Crippen LogP contribution < -0.4 is 9.47 Å². The van der Waals surface area contributed by atoms with Crippen molar-refractivity contribution in [3.05, 3.63) is 59.7 Å². The lowest BCUT2D eigenvalue weighted by molar-refractivity contribution is 0.0734. The zero-order valence-electron chi connectivity index (χ0n) is 13.3. The highest BCUT2D eigenvalue weighted by atomic mass is 16.5. The molecule has 0 fully saturated rings. The first-order valence-corrected chi connectivity index (χ1v) is 7.57. The van der Waals surface area contributed by atoms with Crippen molar-refractivity contribution in [2.75, 3.05) is 7.11 Å².